The molecule has 0 fully saturated rings. The highest BCUT2D eigenvalue weighted by atomic mass is 16.5. The van der Waals surface area contributed by atoms with Crippen molar-refractivity contribution in [2.75, 3.05) is 11.9 Å². The molecule has 0 bridgehead atoms. The minimum Gasteiger partial charge on any atom is -0.489 e. The van der Waals surface area contributed by atoms with Gasteiger partial charge in [0.2, 0.25) is 0 Å². The average Bonchev–Trinajstić information content (AvgIpc) is 2.61. The maximum Gasteiger partial charge on any atom is 0.313 e. The van der Waals surface area contributed by atoms with Crippen molar-refractivity contribution in [3.8, 4) is 5.75 Å². The summed E-state index contributed by atoms with van der Waals surface area (Å²) in [5.74, 6) is -0.873. The molecule has 0 spiro atoms. The number of rotatable bonds is 6. The van der Waals surface area contributed by atoms with E-state index in [-0.39, 0.29) is 6.04 Å². The van der Waals surface area contributed by atoms with E-state index in [4.69, 9.17) is 4.74 Å². The van der Waals surface area contributed by atoms with Crippen LogP contribution < -0.4 is 15.4 Å². The second-order valence-corrected chi connectivity index (χ2v) is 5.71. The highest BCUT2D eigenvalue weighted by Crippen LogP contribution is 2.18. The first-order valence-electron chi connectivity index (χ1n) is 7.84. The first-order valence-corrected chi connectivity index (χ1v) is 7.84. The third-order valence-corrected chi connectivity index (χ3v) is 3.32. The number of hydrogen-bond acceptors (Lipinski definition) is 4. The van der Waals surface area contributed by atoms with Crippen LogP contribution in [0.2, 0.25) is 0 Å². The maximum atomic E-state index is 12.1. The Morgan fingerprint density at radius 3 is 2.72 bits per heavy atom. The number of hydrogen-bond donors (Lipinski definition) is 2. The number of ether oxygens (including phenoxy) is 1. The molecule has 0 aliphatic heterocycles. The van der Waals surface area contributed by atoms with Crippen molar-refractivity contribution in [2.24, 2.45) is 0 Å². The number of carbonyl (C=O) groups is 2. The van der Waals surface area contributed by atoms with Gasteiger partial charge in [0.1, 0.15) is 12.4 Å². The number of amides is 2. The van der Waals surface area contributed by atoms with Crippen LogP contribution in [0.1, 0.15) is 25.5 Å². The van der Waals surface area contributed by atoms with Gasteiger partial charge in [-0.3, -0.25) is 14.6 Å². The molecule has 1 heterocycles. The first kappa shape index (κ1) is 18.2. The second kappa shape index (κ2) is 8.63. The third-order valence-electron chi connectivity index (χ3n) is 3.32. The predicted molar refractivity (Wildman–Crippen MR) is 96.2 cm³/mol. The molecule has 1 aromatic heterocycles. The SMILES string of the molecule is C=C(C)COc1cccc(NC(=O)C(=O)NC(C)c2cccnc2)c1. The minimum absolute atomic E-state index is 0.322. The van der Waals surface area contributed by atoms with E-state index in [0.29, 0.717) is 18.0 Å². The van der Waals surface area contributed by atoms with Crippen molar-refractivity contribution in [3.63, 3.8) is 0 Å². The molecular formula is C19H21N3O3. The molecule has 0 saturated heterocycles. The summed E-state index contributed by atoms with van der Waals surface area (Å²) >= 11 is 0. The van der Waals surface area contributed by atoms with Crippen LogP contribution in [0.3, 0.4) is 0 Å². The highest BCUT2D eigenvalue weighted by molar-refractivity contribution is 6.39. The topological polar surface area (TPSA) is 80.3 Å². The van der Waals surface area contributed by atoms with Gasteiger partial charge in [0.15, 0.2) is 0 Å². The quantitative estimate of drug-likeness (QED) is 0.626. The van der Waals surface area contributed by atoms with E-state index in [2.05, 4.69) is 22.2 Å². The smallest absolute Gasteiger partial charge is 0.313 e. The Labute approximate surface area is 146 Å². The fraction of sp³-hybridized carbons (Fsp3) is 0.211. The number of nitrogens with one attached hydrogen (secondary N) is 2. The maximum absolute atomic E-state index is 12.1. The monoisotopic (exact) mass is 339 g/mol. The molecule has 2 N–H and O–H groups in total. The van der Waals surface area contributed by atoms with Crippen LogP contribution in [0.5, 0.6) is 5.75 Å². The standard InChI is InChI=1S/C19H21N3O3/c1-13(2)12-25-17-8-4-7-16(10-17)22-19(24)18(23)21-14(3)15-6-5-9-20-11-15/h4-11,14H,1,12H2,2-3H3,(H,21,23)(H,22,24). The largest absolute Gasteiger partial charge is 0.489 e. The van der Waals surface area contributed by atoms with Crippen molar-refractivity contribution in [1.82, 2.24) is 10.3 Å². The van der Waals surface area contributed by atoms with Gasteiger partial charge in [0.05, 0.1) is 6.04 Å². The summed E-state index contributed by atoms with van der Waals surface area (Å²) < 4.78 is 5.51. The van der Waals surface area contributed by atoms with Crippen LogP contribution in [0.4, 0.5) is 5.69 Å². The van der Waals surface area contributed by atoms with Gasteiger partial charge in [-0.05, 0) is 43.2 Å². The number of nitrogens with zero attached hydrogens (tertiary/aromatic N) is 1. The Hall–Kier alpha value is -3.15. The molecule has 25 heavy (non-hydrogen) atoms. The van der Waals surface area contributed by atoms with Crippen molar-refractivity contribution in [1.29, 1.82) is 0 Å². The van der Waals surface area contributed by atoms with Gasteiger partial charge in [-0.15, -0.1) is 0 Å². The normalized spacial score (nSPS) is 11.3. The lowest BCUT2D eigenvalue weighted by Crippen LogP contribution is -2.36. The number of anilines is 1. The van der Waals surface area contributed by atoms with Crippen LogP contribution >= 0.6 is 0 Å². The fourth-order valence-electron chi connectivity index (χ4n) is 2.04. The van der Waals surface area contributed by atoms with Crippen LogP contribution in [-0.4, -0.2) is 23.4 Å². The molecule has 2 rings (SSSR count). The number of aromatic nitrogens is 1. The average molecular weight is 339 g/mol. The molecule has 1 atom stereocenters. The fourth-order valence-corrected chi connectivity index (χ4v) is 2.04. The zero-order chi connectivity index (χ0) is 18.2. The van der Waals surface area contributed by atoms with Gasteiger partial charge < -0.3 is 15.4 Å². The summed E-state index contributed by atoms with van der Waals surface area (Å²) in [6.45, 7) is 7.80. The van der Waals surface area contributed by atoms with E-state index in [0.717, 1.165) is 11.1 Å². The second-order valence-electron chi connectivity index (χ2n) is 5.71. The molecular weight excluding hydrogens is 318 g/mol. The molecule has 6 heteroatoms. The van der Waals surface area contributed by atoms with Gasteiger partial charge in [0, 0.05) is 24.1 Å². The van der Waals surface area contributed by atoms with Crippen LogP contribution in [0.15, 0.2) is 60.9 Å². The Kier molecular flexibility index (Phi) is 6.28. The van der Waals surface area contributed by atoms with Crippen molar-refractivity contribution in [2.45, 2.75) is 19.9 Å². The zero-order valence-corrected chi connectivity index (χ0v) is 14.3. The zero-order valence-electron chi connectivity index (χ0n) is 14.3. The summed E-state index contributed by atoms with van der Waals surface area (Å²) in [4.78, 5) is 28.1. The van der Waals surface area contributed by atoms with E-state index >= 15 is 0 Å². The van der Waals surface area contributed by atoms with E-state index in [1.165, 1.54) is 0 Å². The Balaban J connectivity index is 1.93. The van der Waals surface area contributed by atoms with Gasteiger partial charge >= 0.3 is 11.8 Å². The van der Waals surface area contributed by atoms with Crippen LogP contribution in [-0.2, 0) is 9.59 Å². The number of pyridine rings is 1. The van der Waals surface area contributed by atoms with Gasteiger partial charge in [0.25, 0.3) is 0 Å². The van der Waals surface area contributed by atoms with Crippen molar-refractivity contribution < 1.29 is 14.3 Å². The molecule has 2 aromatic rings. The summed E-state index contributed by atoms with van der Waals surface area (Å²) in [5.41, 5.74) is 2.19. The lowest BCUT2D eigenvalue weighted by atomic mass is 10.1. The molecule has 0 aliphatic carbocycles. The first-order chi connectivity index (χ1) is 12.0. The van der Waals surface area contributed by atoms with E-state index in [1.807, 2.05) is 13.0 Å². The van der Waals surface area contributed by atoms with Crippen molar-refractivity contribution in [3.05, 3.63) is 66.5 Å². The van der Waals surface area contributed by atoms with Crippen LogP contribution in [0, 0.1) is 0 Å². The van der Waals surface area contributed by atoms with Gasteiger partial charge in [-0.2, -0.15) is 0 Å². The molecule has 6 nitrogen and oxygen atoms in total. The molecule has 130 valence electrons. The number of benzene rings is 1. The van der Waals surface area contributed by atoms with E-state index < -0.39 is 11.8 Å². The van der Waals surface area contributed by atoms with E-state index in [9.17, 15) is 9.59 Å². The lowest BCUT2D eigenvalue weighted by Gasteiger charge is -2.14. The Morgan fingerprint density at radius 1 is 1.24 bits per heavy atom. The summed E-state index contributed by atoms with van der Waals surface area (Å²) in [5, 5.41) is 5.19. The minimum atomic E-state index is -0.743. The van der Waals surface area contributed by atoms with Gasteiger partial charge in [-0.25, -0.2) is 0 Å². The summed E-state index contributed by atoms with van der Waals surface area (Å²) in [6.07, 6.45) is 3.29. The van der Waals surface area contributed by atoms with Crippen LogP contribution in [0.25, 0.3) is 0 Å². The molecule has 0 aliphatic rings. The molecule has 1 aromatic carbocycles. The lowest BCUT2D eigenvalue weighted by molar-refractivity contribution is -0.136. The summed E-state index contributed by atoms with van der Waals surface area (Å²) in [7, 11) is 0. The highest BCUT2D eigenvalue weighted by Gasteiger charge is 2.17. The summed E-state index contributed by atoms with van der Waals surface area (Å²) in [6, 6.07) is 10.1. The third kappa shape index (κ3) is 5.76. The molecule has 0 radical (unpaired) electrons. The van der Waals surface area contributed by atoms with Gasteiger partial charge in [-0.1, -0.05) is 18.7 Å². The van der Waals surface area contributed by atoms with E-state index in [1.54, 1.807) is 49.6 Å². The molecule has 1 unspecified atom stereocenters. The number of carbonyl (C=O) groups excluding carboxylic acids is 2. The Morgan fingerprint density at radius 2 is 2.04 bits per heavy atom. The predicted octanol–water partition coefficient (Wildman–Crippen LogP) is 2.85. The Bertz CT molecular complexity index is 760. The molecule has 2 amide bonds. The van der Waals surface area contributed by atoms with Crippen molar-refractivity contribution >= 4 is 17.5 Å². The molecule has 0 saturated carbocycles.